The van der Waals surface area contributed by atoms with Crippen molar-refractivity contribution < 1.29 is 28.0 Å². The molecule has 0 amide bonds. The van der Waals surface area contributed by atoms with Gasteiger partial charge in [0, 0.05) is 4.57 Å². The summed E-state index contributed by atoms with van der Waals surface area (Å²) >= 11 is 0. The number of nitrogens with zero attached hydrogens (tertiary/aromatic N) is 1. The second kappa shape index (κ2) is 5.61. The van der Waals surface area contributed by atoms with Crippen molar-refractivity contribution in [2.45, 2.75) is 6.41 Å². The van der Waals surface area contributed by atoms with Gasteiger partial charge in [-0.1, -0.05) is 9.05 Å². The van der Waals surface area contributed by atoms with Crippen molar-refractivity contribution in [1.82, 2.24) is 4.90 Å². The molecule has 0 bridgehead atoms. The molecule has 70 valence electrons. The molecule has 0 rings (SSSR count). The Kier molecular flexibility index (Phi) is 5.61. The fourth-order valence-electron chi connectivity index (χ4n) is 0.359. The smallest absolute Gasteiger partial charge is 0.566 e. The van der Waals surface area contributed by atoms with Gasteiger partial charge in [-0.05, 0) is 18.7 Å². The minimum Gasteiger partial charge on any atom is -0.566 e. The van der Waals surface area contributed by atoms with E-state index < -0.39 is 22.9 Å². The molecule has 0 aromatic heterocycles. The van der Waals surface area contributed by atoms with Crippen LogP contribution in [0.25, 0.3) is 0 Å². The molecular formula is C3H8NO6P2+. The first-order chi connectivity index (χ1) is 5.43. The van der Waals surface area contributed by atoms with Gasteiger partial charge in [0.1, 0.15) is 0 Å². The van der Waals surface area contributed by atoms with Crippen LogP contribution in [0, 0.1) is 0 Å². The largest absolute Gasteiger partial charge is 0.699 e. The maximum absolute atomic E-state index is 10.1. The lowest BCUT2D eigenvalue weighted by Crippen LogP contribution is -2.30. The zero-order valence-electron chi connectivity index (χ0n) is 6.41. The van der Waals surface area contributed by atoms with E-state index in [0.717, 1.165) is 0 Å². The van der Waals surface area contributed by atoms with Crippen LogP contribution in [0.1, 0.15) is 0 Å². The van der Waals surface area contributed by atoms with Gasteiger partial charge in [-0.3, -0.25) is 4.90 Å². The Bertz CT molecular complexity index is 168. The molecule has 1 N–H and O–H groups in total. The highest BCUT2D eigenvalue weighted by Gasteiger charge is 2.30. The molecule has 0 aromatic rings. The molecule has 0 saturated heterocycles. The van der Waals surface area contributed by atoms with E-state index in [1.807, 2.05) is 0 Å². The lowest BCUT2D eigenvalue weighted by Gasteiger charge is -2.11. The van der Waals surface area contributed by atoms with Crippen molar-refractivity contribution in [3.05, 3.63) is 0 Å². The highest BCUT2D eigenvalue weighted by atomic mass is 31.1. The second-order valence-corrected chi connectivity index (χ2v) is 3.29. The van der Waals surface area contributed by atoms with Crippen LogP contribution >= 0.6 is 16.5 Å². The standard InChI is InChI=1S/C3H7NO6P2/c1-4(2)3(9-11(5)6)10-12(7)8/h3H,1-2H3/p+1. The molecule has 3 unspecified atom stereocenters. The van der Waals surface area contributed by atoms with Gasteiger partial charge in [-0.15, -0.1) is 4.89 Å². The van der Waals surface area contributed by atoms with E-state index >= 15 is 0 Å². The molecule has 0 heterocycles. The molecule has 0 aliphatic carbocycles. The summed E-state index contributed by atoms with van der Waals surface area (Å²) in [6, 6.07) is 0. The van der Waals surface area contributed by atoms with Crippen molar-refractivity contribution in [2.24, 2.45) is 0 Å². The number of hydrogen-bond acceptors (Lipinski definition) is 6. The van der Waals surface area contributed by atoms with Crippen molar-refractivity contribution in [3.8, 4) is 0 Å². The maximum Gasteiger partial charge on any atom is 0.699 e. The SMILES string of the molecule is CN(C)C(O[P+](=O)[O-])O[P+](=O)O. The lowest BCUT2D eigenvalue weighted by atomic mass is 10.9. The average Bonchev–Trinajstić information content (AvgIpc) is 1.83. The Labute approximate surface area is 70.8 Å². The summed E-state index contributed by atoms with van der Waals surface area (Å²) < 4.78 is 28.5. The van der Waals surface area contributed by atoms with Crippen molar-refractivity contribution in [3.63, 3.8) is 0 Å². The van der Waals surface area contributed by atoms with Crippen LogP contribution in [0.3, 0.4) is 0 Å². The van der Waals surface area contributed by atoms with E-state index in [4.69, 9.17) is 4.89 Å². The quantitative estimate of drug-likeness (QED) is 0.489. The molecule has 0 aliphatic heterocycles. The van der Waals surface area contributed by atoms with E-state index in [0.29, 0.717) is 0 Å². The van der Waals surface area contributed by atoms with Crippen LogP contribution in [0.2, 0.25) is 0 Å². The predicted molar refractivity (Wildman–Crippen MR) is 37.1 cm³/mol. The molecule has 0 saturated carbocycles. The molecule has 0 aromatic carbocycles. The fourth-order valence-corrected chi connectivity index (χ4v) is 1.19. The number of hydrogen-bond donors (Lipinski definition) is 1. The van der Waals surface area contributed by atoms with Gasteiger partial charge in [0.15, 0.2) is 0 Å². The van der Waals surface area contributed by atoms with Crippen LogP contribution in [-0.2, 0) is 18.2 Å². The summed E-state index contributed by atoms with van der Waals surface area (Å²) in [5.41, 5.74) is 0. The van der Waals surface area contributed by atoms with Crippen LogP contribution in [0.15, 0.2) is 0 Å². The van der Waals surface area contributed by atoms with E-state index in [2.05, 4.69) is 9.05 Å². The van der Waals surface area contributed by atoms with Gasteiger partial charge < -0.3 is 4.89 Å². The third-order valence-electron chi connectivity index (χ3n) is 0.778. The summed E-state index contributed by atoms with van der Waals surface area (Å²) in [7, 11) is -3.13. The molecule has 12 heavy (non-hydrogen) atoms. The Morgan fingerprint density at radius 1 is 1.42 bits per heavy atom. The highest BCUT2D eigenvalue weighted by molar-refractivity contribution is 7.32. The lowest BCUT2D eigenvalue weighted by molar-refractivity contribution is -0.210. The van der Waals surface area contributed by atoms with Crippen molar-refractivity contribution in [1.29, 1.82) is 0 Å². The van der Waals surface area contributed by atoms with Gasteiger partial charge in [0.2, 0.25) is 0 Å². The fraction of sp³-hybridized carbons (Fsp3) is 1.00. The van der Waals surface area contributed by atoms with E-state index in [-0.39, 0.29) is 0 Å². The van der Waals surface area contributed by atoms with Gasteiger partial charge >= 0.3 is 22.9 Å². The molecule has 9 heteroatoms. The summed E-state index contributed by atoms with van der Waals surface area (Å²) in [5.74, 6) is 0. The van der Waals surface area contributed by atoms with Crippen molar-refractivity contribution >= 4 is 16.5 Å². The zero-order chi connectivity index (χ0) is 9.72. The molecular weight excluding hydrogens is 208 g/mol. The number of rotatable bonds is 5. The molecule has 3 atom stereocenters. The predicted octanol–water partition coefficient (Wildman–Crippen LogP) is -0.468. The van der Waals surface area contributed by atoms with E-state index in [1.54, 1.807) is 0 Å². The molecule has 0 aliphatic rings. The minimum absolute atomic E-state index is 1.19. The van der Waals surface area contributed by atoms with E-state index in [9.17, 15) is 14.0 Å². The molecule has 0 radical (unpaired) electrons. The van der Waals surface area contributed by atoms with Crippen LogP contribution < -0.4 is 4.89 Å². The molecule has 0 spiro atoms. The Balaban J connectivity index is 4.04. The monoisotopic (exact) mass is 216 g/mol. The Morgan fingerprint density at radius 2 is 1.92 bits per heavy atom. The van der Waals surface area contributed by atoms with Crippen molar-refractivity contribution in [2.75, 3.05) is 14.1 Å². The molecule has 7 nitrogen and oxygen atoms in total. The van der Waals surface area contributed by atoms with Crippen LogP contribution in [0.5, 0.6) is 0 Å². The zero-order valence-corrected chi connectivity index (χ0v) is 8.20. The second-order valence-electron chi connectivity index (χ2n) is 1.94. The minimum atomic E-state index is -3.11. The first kappa shape index (κ1) is 12.0. The van der Waals surface area contributed by atoms with Gasteiger partial charge in [0.25, 0.3) is 0 Å². The van der Waals surface area contributed by atoms with Gasteiger partial charge in [-0.2, -0.15) is 0 Å². The normalized spacial score (nSPS) is 16.1. The average molecular weight is 216 g/mol. The third kappa shape index (κ3) is 5.62. The summed E-state index contributed by atoms with van der Waals surface area (Å²) in [5, 5.41) is 0. The summed E-state index contributed by atoms with van der Waals surface area (Å²) in [6.07, 6.45) is -1.36. The Hall–Kier alpha value is -0.0000000000000000763. The van der Waals surface area contributed by atoms with Crippen LogP contribution in [0.4, 0.5) is 0 Å². The topological polar surface area (TPSA) is 99.1 Å². The van der Waals surface area contributed by atoms with Crippen LogP contribution in [-0.4, -0.2) is 30.3 Å². The van der Waals surface area contributed by atoms with Gasteiger partial charge in [-0.25, -0.2) is 0 Å². The first-order valence-electron chi connectivity index (χ1n) is 2.74. The third-order valence-corrected chi connectivity index (χ3v) is 1.49. The summed E-state index contributed by atoms with van der Waals surface area (Å²) in [6.45, 7) is 0. The highest BCUT2D eigenvalue weighted by Crippen LogP contribution is 2.24. The maximum atomic E-state index is 10.1. The summed E-state index contributed by atoms with van der Waals surface area (Å²) in [4.78, 5) is 19.5. The first-order valence-corrected chi connectivity index (χ1v) is 4.96. The molecule has 0 fully saturated rings. The Morgan fingerprint density at radius 3 is 2.17 bits per heavy atom. The van der Waals surface area contributed by atoms with Gasteiger partial charge in [0.05, 0.1) is 0 Å². The van der Waals surface area contributed by atoms with E-state index in [1.165, 1.54) is 19.0 Å².